The lowest BCUT2D eigenvalue weighted by molar-refractivity contribution is -0.143. The van der Waals surface area contributed by atoms with Gasteiger partial charge in [-0.05, 0) is 36.1 Å². The minimum atomic E-state index is -1.35. The molecule has 0 spiro atoms. The molecule has 0 aliphatic heterocycles. The Balaban J connectivity index is 2.46. The molecule has 0 saturated heterocycles. The van der Waals surface area contributed by atoms with Gasteiger partial charge in [-0.15, -0.1) is 11.3 Å². The van der Waals surface area contributed by atoms with Crippen LogP contribution in [-0.2, 0) is 16.6 Å². The topological polar surface area (TPSA) is 37.3 Å². The zero-order valence-corrected chi connectivity index (χ0v) is 11.0. The van der Waals surface area contributed by atoms with E-state index >= 15 is 0 Å². The number of hydrogen-bond acceptors (Lipinski definition) is 2. The van der Waals surface area contributed by atoms with Crippen molar-refractivity contribution >= 4 is 17.3 Å². The van der Waals surface area contributed by atoms with Crippen molar-refractivity contribution in [2.45, 2.75) is 18.8 Å². The highest BCUT2D eigenvalue weighted by Crippen LogP contribution is 2.31. The fraction of sp³-hybridized carbons (Fsp3) is 0.214. The van der Waals surface area contributed by atoms with Crippen LogP contribution in [0, 0.1) is 11.6 Å². The maximum atomic E-state index is 13.3. The number of carboxylic acids is 1. The largest absolute Gasteiger partial charge is 0.481 e. The number of thiophene rings is 1. The van der Waals surface area contributed by atoms with Gasteiger partial charge in [0.15, 0.2) is 0 Å². The minimum Gasteiger partial charge on any atom is -0.481 e. The van der Waals surface area contributed by atoms with E-state index in [9.17, 15) is 18.7 Å². The first-order valence-electron chi connectivity index (χ1n) is 5.64. The van der Waals surface area contributed by atoms with Gasteiger partial charge >= 0.3 is 5.97 Å². The molecule has 0 saturated carbocycles. The molecule has 5 heteroatoms. The summed E-state index contributed by atoms with van der Waals surface area (Å²) in [6, 6.07) is 6.50. The van der Waals surface area contributed by atoms with E-state index in [0.717, 1.165) is 23.1 Å². The van der Waals surface area contributed by atoms with Crippen molar-refractivity contribution in [3.8, 4) is 0 Å². The van der Waals surface area contributed by atoms with E-state index in [1.807, 2.05) is 17.5 Å². The lowest BCUT2D eigenvalue weighted by Crippen LogP contribution is -2.34. The Hall–Kier alpha value is -1.75. The minimum absolute atomic E-state index is 0.130. The summed E-state index contributed by atoms with van der Waals surface area (Å²) in [5, 5.41) is 11.3. The molecule has 100 valence electrons. The summed E-state index contributed by atoms with van der Waals surface area (Å²) in [5.41, 5.74) is -1.22. The first kappa shape index (κ1) is 13.7. The van der Waals surface area contributed by atoms with Gasteiger partial charge in [0.05, 0.1) is 5.41 Å². The van der Waals surface area contributed by atoms with Crippen LogP contribution in [0.5, 0.6) is 0 Å². The first-order chi connectivity index (χ1) is 8.91. The molecule has 0 bridgehead atoms. The predicted octanol–water partition coefficient (Wildman–Crippen LogP) is 3.61. The van der Waals surface area contributed by atoms with Crippen LogP contribution in [0.15, 0.2) is 35.7 Å². The summed E-state index contributed by atoms with van der Waals surface area (Å²) < 4.78 is 26.5. The van der Waals surface area contributed by atoms with Crippen molar-refractivity contribution in [3.05, 3.63) is 57.8 Å². The van der Waals surface area contributed by atoms with Gasteiger partial charge in [0.1, 0.15) is 11.6 Å². The number of aliphatic carboxylic acids is 1. The molecule has 0 amide bonds. The highest BCUT2D eigenvalue weighted by molar-refractivity contribution is 7.09. The van der Waals surface area contributed by atoms with E-state index in [1.165, 1.54) is 18.3 Å². The number of benzene rings is 1. The Morgan fingerprint density at radius 2 is 1.95 bits per heavy atom. The molecular formula is C14H12F2O2S. The average Bonchev–Trinajstić information content (AvgIpc) is 2.79. The van der Waals surface area contributed by atoms with Crippen molar-refractivity contribution in [2.75, 3.05) is 0 Å². The third-order valence-corrected chi connectivity index (χ3v) is 3.96. The molecule has 1 heterocycles. The van der Waals surface area contributed by atoms with Crippen molar-refractivity contribution < 1.29 is 18.7 Å². The number of rotatable bonds is 4. The van der Waals surface area contributed by atoms with Gasteiger partial charge in [0.2, 0.25) is 0 Å². The molecule has 0 radical (unpaired) electrons. The van der Waals surface area contributed by atoms with Crippen LogP contribution in [0.2, 0.25) is 0 Å². The predicted molar refractivity (Wildman–Crippen MR) is 69.4 cm³/mol. The normalized spacial score (nSPS) is 14.1. The van der Waals surface area contributed by atoms with Crippen LogP contribution < -0.4 is 0 Å². The van der Waals surface area contributed by atoms with E-state index in [4.69, 9.17) is 0 Å². The summed E-state index contributed by atoms with van der Waals surface area (Å²) >= 11 is 1.42. The third kappa shape index (κ3) is 2.81. The van der Waals surface area contributed by atoms with E-state index in [-0.39, 0.29) is 12.0 Å². The molecule has 19 heavy (non-hydrogen) atoms. The van der Waals surface area contributed by atoms with Crippen LogP contribution in [-0.4, -0.2) is 11.1 Å². The number of hydrogen-bond donors (Lipinski definition) is 1. The van der Waals surface area contributed by atoms with Gasteiger partial charge in [0.25, 0.3) is 0 Å². The molecule has 0 aliphatic carbocycles. The molecule has 2 rings (SSSR count). The lowest BCUT2D eigenvalue weighted by atomic mass is 9.79. The molecular weight excluding hydrogens is 270 g/mol. The highest BCUT2D eigenvalue weighted by Gasteiger charge is 2.36. The van der Waals surface area contributed by atoms with Crippen LogP contribution in [0.4, 0.5) is 8.78 Å². The summed E-state index contributed by atoms with van der Waals surface area (Å²) in [4.78, 5) is 12.4. The SMILES string of the molecule is CC(Cc1cccs1)(C(=O)O)c1cc(F)cc(F)c1. The van der Waals surface area contributed by atoms with Gasteiger partial charge in [-0.25, -0.2) is 8.78 Å². The molecule has 1 aromatic heterocycles. The van der Waals surface area contributed by atoms with Gasteiger partial charge in [-0.3, -0.25) is 4.79 Å². The molecule has 2 aromatic rings. The maximum Gasteiger partial charge on any atom is 0.314 e. The second kappa shape index (κ2) is 5.09. The van der Waals surface area contributed by atoms with Gasteiger partial charge in [-0.2, -0.15) is 0 Å². The Kier molecular flexibility index (Phi) is 3.66. The van der Waals surface area contributed by atoms with E-state index in [1.54, 1.807) is 0 Å². The standard InChI is InChI=1S/C14H12F2O2S/c1-14(13(17)18,8-12-3-2-4-19-12)9-5-10(15)7-11(16)6-9/h2-7H,8H2,1H3,(H,17,18). The van der Waals surface area contributed by atoms with Gasteiger partial charge in [-0.1, -0.05) is 6.07 Å². The van der Waals surface area contributed by atoms with Crippen molar-refractivity contribution in [1.29, 1.82) is 0 Å². The first-order valence-corrected chi connectivity index (χ1v) is 6.52. The highest BCUT2D eigenvalue weighted by atomic mass is 32.1. The van der Waals surface area contributed by atoms with Gasteiger partial charge < -0.3 is 5.11 Å². The van der Waals surface area contributed by atoms with Crippen LogP contribution in [0.1, 0.15) is 17.4 Å². The quantitative estimate of drug-likeness (QED) is 0.930. The van der Waals surface area contributed by atoms with Crippen LogP contribution >= 0.6 is 11.3 Å². The van der Waals surface area contributed by atoms with Crippen molar-refractivity contribution in [1.82, 2.24) is 0 Å². The summed E-state index contributed by atoms with van der Waals surface area (Å²) in [7, 11) is 0. The van der Waals surface area contributed by atoms with Gasteiger partial charge in [0, 0.05) is 17.4 Å². The Morgan fingerprint density at radius 1 is 1.32 bits per heavy atom. The number of carboxylic acid groups (broad SMARTS) is 1. The van der Waals surface area contributed by atoms with E-state index in [2.05, 4.69) is 0 Å². The summed E-state index contributed by atoms with van der Waals surface area (Å²) in [6.45, 7) is 1.48. The monoisotopic (exact) mass is 282 g/mol. The maximum absolute atomic E-state index is 13.3. The molecule has 1 unspecified atom stereocenters. The molecule has 2 nitrogen and oxygen atoms in total. The third-order valence-electron chi connectivity index (χ3n) is 3.08. The molecule has 0 aliphatic rings. The molecule has 0 fully saturated rings. The van der Waals surface area contributed by atoms with Crippen molar-refractivity contribution in [2.24, 2.45) is 0 Å². The fourth-order valence-corrected chi connectivity index (χ4v) is 2.80. The molecule has 1 N–H and O–H groups in total. The van der Waals surface area contributed by atoms with E-state index < -0.39 is 23.0 Å². The van der Waals surface area contributed by atoms with Crippen molar-refractivity contribution in [3.63, 3.8) is 0 Å². The number of halogens is 2. The molecule has 1 atom stereocenters. The second-order valence-electron chi connectivity index (χ2n) is 4.55. The lowest BCUT2D eigenvalue weighted by Gasteiger charge is -2.25. The summed E-state index contributed by atoms with van der Waals surface area (Å²) in [5.74, 6) is -2.65. The van der Waals surface area contributed by atoms with E-state index in [0.29, 0.717) is 0 Å². The number of carbonyl (C=O) groups is 1. The Labute approximate surface area is 113 Å². The van der Waals surface area contributed by atoms with Crippen LogP contribution in [0.3, 0.4) is 0 Å². The zero-order valence-electron chi connectivity index (χ0n) is 10.2. The van der Waals surface area contributed by atoms with Crippen LogP contribution in [0.25, 0.3) is 0 Å². The smallest absolute Gasteiger partial charge is 0.314 e. The zero-order chi connectivity index (χ0) is 14.0. The molecule has 1 aromatic carbocycles. The average molecular weight is 282 g/mol. The Bertz CT molecular complexity index is 575. The second-order valence-corrected chi connectivity index (χ2v) is 5.58. The fourth-order valence-electron chi connectivity index (χ4n) is 1.94. The Morgan fingerprint density at radius 3 is 2.42 bits per heavy atom. The summed E-state index contributed by atoms with van der Waals surface area (Å²) in [6.07, 6.45) is 0.197.